The monoisotopic (exact) mass is 723 g/mol. The molecule has 0 aliphatic heterocycles. The summed E-state index contributed by atoms with van der Waals surface area (Å²) in [5.41, 5.74) is 10.4. The number of hydrogen-bond acceptors (Lipinski definition) is 2. The molecule has 0 saturated heterocycles. The minimum Gasteiger partial charge on any atom is -0.507 e. The third-order valence-corrected chi connectivity index (χ3v) is 11.2. The lowest BCUT2D eigenvalue weighted by atomic mass is 9.92. The van der Waals surface area contributed by atoms with Crippen molar-refractivity contribution in [3.8, 4) is 11.5 Å². The Kier molecular flexibility index (Phi) is 22.3. The van der Waals surface area contributed by atoms with Gasteiger partial charge in [-0.2, -0.15) is 0 Å². The maximum Gasteiger partial charge on any atom is 0.127 e. The molecule has 2 aromatic carbocycles. The van der Waals surface area contributed by atoms with Crippen molar-refractivity contribution in [2.75, 3.05) is 0 Å². The Balaban J connectivity index is 1.58. The molecule has 0 aliphatic carbocycles. The SMILES string of the molecule is CC(C)=CCC/C(C)=C/CCC(C)CCCC(C)CCC/C(C)=C/CC/C(C)=C/CC/C(C)=C\CC/C(C)=C/Cc1c(C)c(O)c2ccccc2c1O. The molecule has 2 atom stereocenters. The van der Waals surface area contributed by atoms with Crippen LogP contribution in [0.1, 0.15) is 176 Å². The molecule has 0 bridgehead atoms. The van der Waals surface area contributed by atoms with Crippen LogP contribution in [0.2, 0.25) is 0 Å². The minimum absolute atomic E-state index is 0.270. The Morgan fingerprint density at radius 1 is 0.509 bits per heavy atom. The normalized spacial score (nSPS) is 14.6. The number of allylic oxidation sites excluding steroid dienone is 12. The molecule has 0 spiro atoms. The molecule has 2 rings (SSSR count). The van der Waals surface area contributed by atoms with E-state index in [-0.39, 0.29) is 11.5 Å². The number of hydrogen-bond donors (Lipinski definition) is 2. The highest BCUT2D eigenvalue weighted by Gasteiger charge is 2.15. The summed E-state index contributed by atoms with van der Waals surface area (Å²) in [7, 11) is 0. The maximum absolute atomic E-state index is 10.9. The van der Waals surface area contributed by atoms with Gasteiger partial charge >= 0.3 is 0 Å². The fraction of sp³-hybridized carbons (Fsp3) is 0.569. The fourth-order valence-electron chi connectivity index (χ4n) is 7.29. The highest BCUT2D eigenvalue weighted by atomic mass is 16.3. The number of rotatable bonds is 25. The third kappa shape index (κ3) is 19.1. The Bertz CT molecular complexity index is 1570. The third-order valence-electron chi connectivity index (χ3n) is 11.2. The number of phenols is 2. The van der Waals surface area contributed by atoms with Gasteiger partial charge in [0.1, 0.15) is 11.5 Å². The van der Waals surface area contributed by atoms with E-state index in [0.29, 0.717) is 17.2 Å². The van der Waals surface area contributed by atoms with Gasteiger partial charge in [-0.25, -0.2) is 0 Å². The predicted molar refractivity (Wildman–Crippen MR) is 236 cm³/mol. The van der Waals surface area contributed by atoms with Gasteiger partial charge in [0.25, 0.3) is 0 Å². The molecule has 2 unspecified atom stereocenters. The van der Waals surface area contributed by atoms with E-state index in [1.165, 1.54) is 86.5 Å². The van der Waals surface area contributed by atoms with E-state index in [9.17, 15) is 10.2 Å². The minimum atomic E-state index is 0.270. The molecule has 53 heavy (non-hydrogen) atoms. The van der Waals surface area contributed by atoms with Crippen LogP contribution in [0.25, 0.3) is 10.8 Å². The van der Waals surface area contributed by atoms with Crippen LogP contribution in [-0.2, 0) is 6.42 Å². The van der Waals surface area contributed by atoms with Crippen LogP contribution >= 0.6 is 0 Å². The lowest BCUT2D eigenvalue weighted by Gasteiger charge is -2.14. The van der Waals surface area contributed by atoms with E-state index >= 15 is 0 Å². The van der Waals surface area contributed by atoms with Crippen molar-refractivity contribution in [2.24, 2.45) is 11.8 Å². The second-order valence-corrected chi connectivity index (χ2v) is 16.8. The first-order valence-corrected chi connectivity index (χ1v) is 21.1. The van der Waals surface area contributed by atoms with Crippen molar-refractivity contribution < 1.29 is 10.2 Å². The van der Waals surface area contributed by atoms with Crippen molar-refractivity contribution in [2.45, 2.75) is 178 Å². The molecule has 0 fully saturated rings. The van der Waals surface area contributed by atoms with Crippen molar-refractivity contribution >= 4 is 10.8 Å². The van der Waals surface area contributed by atoms with E-state index in [0.717, 1.165) is 61.5 Å². The molecule has 294 valence electrons. The summed E-state index contributed by atoms with van der Waals surface area (Å²) in [6.07, 6.45) is 34.6. The van der Waals surface area contributed by atoms with Gasteiger partial charge in [-0.15, -0.1) is 0 Å². The van der Waals surface area contributed by atoms with Crippen molar-refractivity contribution in [3.63, 3.8) is 0 Å². The first kappa shape index (κ1) is 45.9. The molecule has 0 saturated carbocycles. The largest absolute Gasteiger partial charge is 0.507 e. The van der Waals surface area contributed by atoms with Gasteiger partial charge in [-0.3, -0.25) is 0 Å². The second-order valence-electron chi connectivity index (χ2n) is 16.8. The van der Waals surface area contributed by atoms with Gasteiger partial charge in [0.05, 0.1) is 0 Å². The van der Waals surface area contributed by atoms with Crippen LogP contribution in [0.4, 0.5) is 0 Å². The van der Waals surface area contributed by atoms with Gasteiger partial charge in [0.15, 0.2) is 0 Å². The molecule has 0 amide bonds. The first-order valence-electron chi connectivity index (χ1n) is 21.1. The zero-order valence-corrected chi connectivity index (χ0v) is 35.8. The van der Waals surface area contributed by atoms with E-state index in [4.69, 9.17) is 0 Å². The quantitative estimate of drug-likeness (QED) is 0.0791. The summed E-state index contributed by atoms with van der Waals surface area (Å²) < 4.78 is 0. The van der Waals surface area contributed by atoms with E-state index < -0.39 is 0 Å². The van der Waals surface area contributed by atoms with Gasteiger partial charge in [0.2, 0.25) is 0 Å². The standard InChI is InChI=1S/C51H78O2/c1-38(2)20-13-21-39(3)22-14-23-40(4)24-15-25-41(5)26-16-27-42(6)28-17-29-43(7)30-18-31-44(8)32-19-33-45(9)36-37-47-46(10)50(52)48-34-11-12-35-49(48)51(47)53/h11-12,20,22,28,30,32,34-36,40-41,52-53H,13-19,21,23-27,29,31,33,37H2,1-10H3/b39-22+,42-28+,43-30+,44-32-,45-36+. The van der Waals surface area contributed by atoms with Crippen molar-refractivity contribution in [1.29, 1.82) is 0 Å². The zero-order valence-electron chi connectivity index (χ0n) is 35.8. The molecule has 0 aromatic heterocycles. The Hall–Kier alpha value is -3.26. The smallest absolute Gasteiger partial charge is 0.127 e. The van der Waals surface area contributed by atoms with Gasteiger partial charge in [-0.05, 0) is 156 Å². The van der Waals surface area contributed by atoms with Crippen LogP contribution in [0, 0.1) is 18.8 Å². The molecule has 2 aromatic rings. The van der Waals surface area contributed by atoms with E-state index in [1.807, 2.05) is 31.2 Å². The molecule has 2 heteroatoms. The molecule has 0 aliphatic rings. The zero-order chi connectivity index (χ0) is 39.2. The average molecular weight is 723 g/mol. The summed E-state index contributed by atoms with van der Waals surface area (Å²) in [5.74, 6) is 2.23. The fourth-order valence-corrected chi connectivity index (χ4v) is 7.29. The van der Waals surface area contributed by atoms with Crippen LogP contribution in [0.15, 0.2) is 94.2 Å². The highest BCUT2D eigenvalue weighted by Crippen LogP contribution is 2.39. The predicted octanol–water partition coefficient (Wildman–Crippen LogP) is 16.3. The van der Waals surface area contributed by atoms with Crippen molar-refractivity contribution in [3.05, 3.63) is 105 Å². The first-order chi connectivity index (χ1) is 25.3. The average Bonchev–Trinajstić information content (AvgIpc) is 3.10. The van der Waals surface area contributed by atoms with E-state index in [2.05, 4.69) is 98.8 Å². The lowest BCUT2D eigenvalue weighted by Crippen LogP contribution is -1.99. The van der Waals surface area contributed by atoms with Crippen LogP contribution in [0.3, 0.4) is 0 Å². The summed E-state index contributed by atoms with van der Waals surface area (Å²) >= 11 is 0. The summed E-state index contributed by atoms with van der Waals surface area (Å²) in [6.45, 7) is 22.5. The second kappa shape index (κ2) is 25.7. The Morgan fingerprint density at radius 2 is 0.925 bits per heavy atom. The number of aromatic hydroxyl groups is 2. The van der Waals surface area contributed by atoms with E-state index in [1.54, 1.807) is 11.1 Å². The van der Waals surface area contributed by atoms with Gasteiger partial charge in [0, 0.05) is 16.3 Å². The lowest BCUT2D eigenvalue weighted by molar-refractivity contribution is 0.406. The molecule has 2 N–H and O–H groups in total. The molecule has 0 radical (unpaired) electrons. The molecule has 0 heterocycles. The topological polar surface area (TPSA) is 40.5 Å². The Labute approximate surface area is 327 Å². The molecular formula is C51H78O2. The summed E-state index contributed by atoms with van der Waals surface area (Å²) in [4.78, 5) is 0. The number of phenolic OH excluding ortho intramolecular Hbond substituents is 2. The Morgan fingerprint density at radius 3 is 1.45 bits per heavy atom. The highest BCUT2D eigenvalue weighted by molar-refractivity contribution is 5.95. The van der Waals surface area contributed by atoms with Crippen LogP contribution in [0.5, 0.6) is 11.5 Å². The van der Waals surface area contributed by atoms with Crippen LogP contribution in [-0.4, -0.2) is 10.2 Å². The van der Waals surface area contributed by atoms with Crippen LogP contribution < -0.4 is 0 Å². The summed E-state index contributed by atoms with van der Waals surface area (Å²) in [5, 5.41) is 23.0. The molecular weight excluding hydrogens is 645 g/mol. The number of benzene rings is 2. The van der Waals surface area contributed by atoms with Gasteiger partial charge < -0.3 is 10.2 Å². The maximum atomic E-state index is 10.9. The van der Waals surface area contributed by atoms with Gasteiger partial charge in [-0.1, -0.05) is 134 Å². The van der Waals surface area contributed by atoms with Crippen molar-refractivity contribution in [1.82, 2.24) is 0 Å². The molecule has 2 nitrogen and oxygen atoms in total. The number of fused-ring (bicyclic) bond motifs is 1. The summed E-state index contributed by atoms with van der Waals surface area (Å²) in [6, 6.07) is 7.51.